The zero-order valence-corrected chi connectivity index (χ0v) is 13.8. The van der Waals surface area contributed by atoms with Gasteiger partial charge < -0.3 is 15.5 Å². The standard InChI is InChI=1S/C16H33N3O/c1-5-8-16(9-6-10-17-13-16)15(20)18-11-7-12-19(4)14(2)3/h14,17H,5-13H2,1-4H3,(H,18,20). The van der Waals surface area contributed by atoms with E-state index < -0.39 is 0 Å². The number of rotatable bonds is 8. The number of amides is 1. The minimum Gasteiger partial charge on any atom is -0.356 e. The van der Waals surface area contributed by atoms with Gasteiger partial charge in [0.25, 0.3) is 0 Å². The van der Waals surface area contributed by atoms with Crippen LogP contribution in [0.3, 0.4) is 0 Å². The maximum Gasteiger partial charge on any atom is 0.227 e. The maximum atomic E-state index is 12.5. The molecule has 1 amide bonds. The number of nitrogens with one attached hydrogen (secondary N) is 2. The maximum absolute atomic E-state index is 12.5. The van der Waals surface area contributed by atoms with Crippen molar-refractivity contribution in [2.75, 3.05) is 33.2 Å². The van der Waals surface area contributed by atoms with Gasteiger partial charge in [0.1, 0.15) is 0 Å². The summed E-state index contributed by atoms with van der Waals surface area (Å²) in [5.74, 6) is 0.263. The zero-order chi connectivity index (χ0) is 15.0. The third-order valence-electron chi connectivity index (χ3n) is 4.54. The van der Waals surface area contributed by atoms with Gasteiger partial charge in [-0.1, -0.05) is 13.3 Å². The second-order valence-corrected chi connectivity index (χ2v) is 6.49. The lowest BCUT2D eigenvalue weighted by Gasteiger charge is -2.36. The Labute approximate surface area is 124 Å². The van der Waals surface area contributed by atoms with Crippen LogP contribution in [-0.4, -0.2) is 50.1 Å². The van der Waals surface area contributed by atoms with Crippen LogP contribution < -0.4 is 10.6 Å². The van der Waals surface area contributed by atoms with E-state index in [4.69, 9.17) is 0 Å². The summed E-state index contributed by atoms with van der Waals surface area (Å²) in [4.78, 5) is 14.8. The van der Waals surface area contributed by atoms with Gasteiger partial charge in [-0.2, -0.15) is 0 Å². The smallest absolute Gasteiger partial charge is 0.227 e. The van der Waals surface area contributed by atoms with E-state index in [0.717, 1.165) is 58.3 Å². The molecular weight excluding hydrogens is 250 g/mol. The van der Waals surface area contributed by atoms with Crippen molar-refractivity contribution in [2.45, 2.75) is 58.9 Å². The van der Waals surface area contributed by atoms with Gasteiger partial charge in [0.2, 0.25) is 5.91 Å². The molecule has 1 rings (SSSR count). The Morgan fingerprint density at radius 2 is 2.20 bits per heavy atom. The molecular formula is C16H33N3O. The van der Waals surface area contributed by atoms with Gasteiger partial charge in [-0.05, 0) is 59.7 Å². The minimum atomic E-state index is -0.156. The normalized spacial score (nSPS) is 23.3. The van der Waals surface area contributed by atoms with E-state index in [9.17, 15) is 4.79 Å². The number of hydrogen-bond donors (Lipinski definition) is 2. The fourth-order valence-electron chi connectivity index (χ4n) is 2.94. The van der Waals surface area contributed by atoms with E-state index in [1.54, 1.807) is 0 Å². The molecule has 0 aromatic heterocycles. The summed E-state index contributed by atoms with van der Waals surface area (Å²) in [5, 5.41) is 6.56. The van der Waals surface area contributed by atoms with Crippen molar-refractivity contribution in [1.29, 1.82) is 0 Å². The van der Waals surface area contributed by atoms with Crippen LogP contribution in [-0.2, 0) is 4.79 Å². The highest BCUT2D eigenvalue weighted by Gasteiger charge is 2.38. The molecule has 0 saturated carbocycles. The van der Waals surface area contributed by atoms with Crippen molar-refractivity contribution < 1.29 is 4.79 Å². The Kier molecular flexibility index (Phi) is 7.52. The lowest BCUT2D eigenvalue weighted by Crippen LogP contribution is -2.50. The fourth-order valence-corrected chi connectivity index (χ4v) is 2.94. The third-order valence-corrected chi connectivity index (χ3v) is 4.54. The SMILES string of the molecule is CCCC1(C(=O)NCCCN(C)C(C)C)CCCNC1. The summed E-state index contributed by atoms with van der Waals surface area (Å²) in [5.41, 5.74) is -0.156. The Balaban J connectivity index is 2.35. The van der Waals surface area contributed by atoms with Crippen LogP contribution in [0.25, 0.3) is 0 Å². The number of hydrogen-bond acceptors (Lipinski definition) is 3. The van der Waals surface area contributed by atoms with Crippen molar-refractivity contribution >= 4 is 5.91 Å². The summed E-state index contributed by atoms with van der Waals surface area (Å²) in [6.45, 7) is 10.3. The Bertz CT molecular complexity index is 280. The number of nitrogens with zero attached hydrogens (tertiary/aromatic N) is 1. The molecule has 2 N–H and O–H groups in total. The molecule has 0 bridgehead atoms. The number of piperidine rings is 1. The van der Waals surface area contributed by atoms with E-state index in [-0.39, 0.29) is 11.3 Å². The van der Waals surface area contributed by atoms with Crippen LogP contribution >= 0.6 is 0 Å². The quantitative estimate of drug-likeness (QED) is 0.670. The summed E-state index contributed by atoms with van der Waals surface area (Å²) < 4.78 is 0. The highest BCUT2D eigenvalue weighted by Crippen LogP contribution is 2.31. The molecule has 4 nitrogen and oxygen atoms in total. The summed E-state index contributed by atoms with van der Waals surface area (Å²) in [6.07, 6.45) is 5.24. The minimum absolute atomic E-state index is 0.156. The van der Waals surface area contributed by atoms with Gasteiger partial charge in [-0.25, -0.2) is 0 Å². The van der Waals surface area contributed by atoms with E-state index in [1.807, 2.05) is 0 Å². The molecule has 0 aromatic carbocycles. The van der Waals surface area contributed by atoms with Crippen molar-refractivity contribution in [2.24, 2.45) is 5.41 Å². The molecule has 0 spiro atoms. The molecule has 1 aliphatic rings. The first-order valence-electron chi connectivity index (χ1n) is 8.21. The van der Waals surface area contributed by atoms with Crippen molar-refractivity contribution in [3.63, 3.8) is 0 Å². The average molecular weight is 283 g/mol. The average Bonchev–Trinajstić information content (AvgIpc) is 2.44. The predicted molar refractivity (Wildman–Crippen MR) is 84.8 cm³/mol. The Hall–Kier alpha value is -0.610. The molecule has 1 saturated heterocycles. The van der Waals surface area contributed by atoms with Crippen LogP contribution in [0.15, 0.2) is 0 Å². The molecule has 4 heteroatoms. The molecule has 1 aliphatic heterocycles. The molecule has 1 heterocycles. The Morgan fingerprint density at radius 1 is 1.45 bits per heavy atom. The third kappa shape index (κ3) is 5.06. The van der Waals surface area contributed by atoms with Gasteiger partial charge in [0.05, 0.1) is 5.41 Å². The van der Waals surface area contributed by atoms with Crippen LogP contribution in [0.2, 0.25) is 0 Å². The number of carbonyl (C=O) groups excluding carboxylic acids is 1. The van der Waals surface area contributed by atoms with Crippen LogP contribution in [0, 0.1) is 5.41 Å². The second-order valence-electron chi connectivity index (χ2n) is 6.49. The zero-order valence-electron chi connectivity index (χ0n) is 13.8. The van der Waals surface area contributed by atoms with Crippen LogP contribution in [0.1, 0.15) is 52.9 Å². The highest BCUT2D eigenvalue weighted by atomic mass is 16.2. The van der Waals surface area contributed by atoms with Gasteiger partial charge >= 0.3 is 0 Å². The van der Waals surface area contributed by atoms with E-state index in [2.05, 4.69) is 43.4 Å². The van der Waals surface area contributed by atoms with Crippen molar-refractivity contribution in [3.05, 3.63) is 0 Å². The van der Waals surface area contributed by atoms with Gasteiger partial charge in [0, 0.05) is 19.1 Å². The molecule has 20 heavy (non-hydrogen) atoms. The highest BCUT2D eigenvalue weighted by molar-refractivity contribution is 5.83. The Morgan fingerprint density at radius 3 is 2.75 bits per heavy atom. The van der Waals surface area contributed by atoms with Crippen LogP contribution in [0.4, 0.5) is 0 Å². The molecule has 0 radical (unpaired) electrons. The molecule has 1 fully saturated rings. The van der Waals surface area contributed by atoms with E-state index in [0.29, 0.717) is 6.04 Å². The predicted octanol–water partition coefficient (Wildman–Crippen LogP) is 2.00. The first kappa shape index (κ1) is 17.4. The summed E-state index contributed by atoms with van der Waals surface area (Å²) in [7, 11) is 2.14. The van der Waals surface area contributed by atoms with Gasteiger partial charge in [-0.15, -0.1) is 0 Å². The molecule has 0 aromatic rings. The summed E-state index contributed by atoms with van der Waals surface area (Å²) >= 11 is 0. The van der Waals surface area contributed by atoms with E-state index in [1.165, 1.54) is 0 Å². The van der Waals surface area contributed by atoms with Crippen molar-refractivity contribution in [3.8, 4) is 0 Å². The van der Waals surface area contributed by atoms with Crippen molar-refractivity contribution in [1.82, 2.24) is 15.5 Å². The summed E-state index contributed by atoms with van der Waals surface area (Å²) in [6, 6.07) is 0.569. The largest absolute Gasteiger partial charge is 0.356 e. The lowest BCUT2D eigenvalue weighted by atomic mass is 9.76. The second kappa shape index (κ2) is 8.63. The van der Waals surface area contributed by atoms with Crippen LogP contribution in [0.5, 0.6) is 0 Å². The number of carbonyl (C=O) groups is 1. The topological polar surface area (TPSA) is 44.4 Å². The molecule has 118 valence electrons. The molecule has 1 unspecified atom stereocenters. The molecule has 1 atom stereocenters. The van der Waals surface area contributed by atoms with Gasteiger partial charge in [0.15, 0.2) is 0 Å². The fraction of sp³-hybridized carbons (Fsp3) is 0.938. The first-order valence-corrected chi connectivity index (χ1v) is 8.21. The van der Waals surface area contributed by atoms with E-state index >= 15 is 0 Å². The first-order chi connectivity index (χ1) is 9.52. The lowest BCUT2D eigenvalue weighted by molar-refractivity contribution is -0.132. The molecule has 0 aliphatic carbocycles. The monoisotopic (exact) mass is 283 g/mol. The van der Waals surface area contributed by atoms with Gasteiger partial charge in [-0.3, -0.25) is 4.79 Å².